The van der Waals surface area contributed by atoms with E-state index in [9.17, 15) is 10.1 Å². The third-order valence-corrected chi connectivity index (χ3v) is 4.20. The van der Waals surface area contributed by atoms with Crippen LogP contribution in [0.25, 0.3) is 0 Å². The van der Waals surface area contributed by atoms with Gasteiger partial charge in [0.2, 0.25) is 0 Å². The first-order chi connectivity index (χ1) is 12.2. The molecule has 3 aromatic rings. The lowest BCUT2D eigenvalue weighted by atomic mass is 9.75. The van der Waals surface area contributed by atoms with Crippen LogP contribution in [0.5, 0.6) is 0 Å². The van der Waals surface area contributed by atoms with Crippen molar-refractivity contribution in [1.29, 1.82) is 5.26 Å². The number of rotatable bonds is 4. The van der Waals surface area contributed by atoms with E-state index in [1.165, 1.54) is 0 Å². The summed E-state index contributed by atoms with van der Waals surface area (Å²) >= 11 is 0. The summed E-state index contributed by atoms with van der Waals surface area (Å²) in [5.74, 6) is -0.400. The number of carbonyl (C=O) groups is 1. The molecule has 1 aromatic heterocycles. The summed E-state index contributed by atoms with van der Waals surface area (Å²) < 4.78 is 0. The number of anilines is 1. The van der Waals surface area contributed by atoms with Crippen molar-refractivity contribution in [3.63, 3.8) is 0 Å². The average Bonchev–Trinajstić information content (AvgIpc) is 2.66. The fourth-order valence-electron chi connectivity index (χ4n) is 2.81. The van der Waals surface area contributed by atoms with Gasteiger partial charge in [-0.25, -0.2) is 0 Å². The molecule has 0 bridgehead atoms. The van der Waals surface area contributed by atoms with E-state index < -0.39 is 11.3 Å². The zero-order valence-corrected chi connectivity index (χ0v) is 13.8. The van der Waals surface area contributed by atoms with Crippen molar-refractivity contribution in [2.24, 2.45) is 0 Å². The second kappa shape index (κ2) is 6.98. The van der Waals surface area contributed by atoms with E-state index in [4.69, 9.17) is 0 Å². The van der Waals surface area contributed by atoms with Crippen molar-refractivity contribution in [2.45, 2.75) is 12.3 Å². The third kappa shape index (κ3) is 3.00. The molecule has 1 atom stereocenters. The highest BCUT2D eigenvalue weighted by molar-refractivity contribution is 6.04. The summed E-state index contributed by atoms with van der Waals surface area (Å²) in [5, 5.41) is 13.0. The molecule has 4 nitrogen and oxygen atoms in total. The second-order valence-corrected chi connectivity index (χ2v) is 5.74. The summed E-state index contributed by atoms with van der Waals surface area (Å²) in [5.41, 5.74) is 1.29. The van der Waals surface area contributed by atoms with Gasteiger partial charge in [-0.3, -0.25) is 9.78 Å². The first-order valence-corrected chi connectivity index (χ1v) is 7.93. The molecule has 1 amide bonds. The van der Waals surface area contributed by atoms with E-state index in [2.05, 4.69) is 16.4 Å². The molecule has 0 spiro atoms. The molecule has 0 saturated heterocycles. The van der Waals surface area contributed by atoms with Crippen LogP contribution in [0.2, 0.25) is 0 Å². The molecule has 0 saturated carbocycles. The van der Waals surface area contributed by atoms with Gasteiger partial charge < -0.3 is 5.32 Å². The Morgan fingerprint density at radius 1 is 1.00 bits per heavy atom. The Morgan fingerprint density at radius 2 is 1.68 bits per heavy atom. The molecule has 1 unspecified atom stereocenters. The van der Waals surface area contributed by atoms with Gasteiger partial charge in [-0.05, 0) is 30.2 Å². The van der Waals surface area contributed by atoms with E-state index in [0.29, 0.717) is 16.8 Å². The number of pyridine rings is 1. The van der Waals surface area contributed by atoms with Crippen LogP contribution in [0, 0.1) is 18.3 Å². The normalized spacial score (nSPS) is 12.6. The lowest BCUT2D eigenvalue weighted by Crippen LogP contribution is -2.40. The number of hydrogen-bond acceptors (Lipinski definition) is 3. The predicted octanol–water partition coefficient (Wildman–Crippen LogP) is 3.84. The molecule has 0 aliphatic rings. The Morgan fingerprint density at radius 3 is 2.32 bits per heavy atom. The molecule has 1 N–H and O–H groups in total. The first-order valence-electron chi connectivity index (χ1n) is 7.93. The monoisotopic (exact) mass is 327 g/mol. The van der Waals surface area contributed by atoms with Gasteiger partial charge in [-0.15, -0.1) is 0 Å². The number of amides is 1. The number of nitrogens with zero attached hydrogens (tertiary/aromatic N) is 2. The fraction of sp³-hybridized carbons (Fsp3) is 0.0952. The van der Waals surface area contributed by atoms with Gasteiger partial charge in [0, 0.05) is 23.6 Å². The molecule has 3 rings (SSSR count). The van der Waals surface area contributed by atoms with E-state index in [1.54, 1.807) is 36.7 Å². The van der Waals surface area contributed by atoms with Gasteiger partial charge in [-0.2, -0.15) is 5.26 Å². The lowest BCUT2D eigenvalue weighted by Gasteiger charge is -2.26. The SMILES string of the molecule is Cc1ccccc1NC(=O)C(C#N)(c1ccccc1)c1cccnc1. The maximum Gasteiger partial charge on any atom is 0.254 e. The molecule has 0 fully saturated rings. The molecule has 0 radical (unpaired) electrons. The van der Waals surface area contributed by atoms with E-state index >= 15 is 0 Å². The molecule has 25 heavy (non-hydrogen) atoms. The smallest absolute Gasteiger partial charge is 0.254 e. The highest BCUT2D eigenvalue weighted by Crippen LogP contribution is 2.33. The second-order valence-electron chi connectivity index (χ2n) is 5.74. The van der Waals surface area contributed by atoms with E-state index in [-0.39, 0.29) is 0 Å². The van der Waals surface area contributed by atoms with Crippen molar-refractivity contribution >= 4 is 11.6 Å². The van der Waals surface area contributed by atoms with Gasteiger partial charge in [0.05, 0.1) is 6.07 Å². The average molecular weight is 327 g/mol. The van der Waals surface area contributed by atoms with Crippen molar-refractivity contribution in [3.05, 3.63) is 95.8 Å². The predicted molar refractivity (Wildman–Crippen MR) is 96.9 cm³/mol. The molecule has 1 heterocycles. The van der Waals surface area contributed by atoms with Crippen molar-refractivity contribution in [1.82, 2.24) is 4.98 Å². The van der Waals surface area contributed by atoms with Crippen molar-refractivity contribution < 1.29 is 4.79 Å². The molecule has 4 heteroatoms. The molecule has 2 aromatic carbocycles. The minimum atomic E-state index is -1.47. The van der Waals surface area contributed by atoms with Crippen LogP contribution < -0.4 is 5.32 Å². The van der Waals surface area contributed by atoms with Gasteiger partial charge in [0.1, 0.15) is 0 Å². The van der Waals surface area contributed by atoms with Gasteiger partial charge in [-0.1, -0.05) is 54.6 Å². The number of nitriles is 1. The summed E-state index contributed by atoms with van der Waals surface area (Å²) in [4.78, 5) is 17.4. The first kappa shape index (κ1) is 16.4. The van der Waals surface area contributed by atoms with Gasteiger partial charge in [0.25, 0.3) is 5.91 Å². The number of benzene rings is 2. The van der Waals surface area contributed by atoms with Crippen molar-refractivity contribution in [3.8, 4) is 6.07 Å². The summed E-state index contributed by atoms with van der Waals surface area (Å²) in [7, 11) is 0. The van der Waals surface area contributed by atoms with Crippen LogP contribution in [0.15, 0.2) is 79.1 Å². The van der Waals surface area contributed by atoms with Crippen LogP contribution in [-0.2, 0) is 10.2 Å². The van der Waals surface area contributed by atoms with Gasteiger partial charge in [0.15, 0.2) is 5.41 Å². The maximum atomic E-state index is 13.3. The molecule has 122 valence electrons. The Bertz CT molecular complexity index is 875. The quantitative estimate of drug-likeness (QED) is 0.792. The topological polar surface area (TPSA) is 65.8 Å². The van der Waals surface area contributed by atoms with Crippen LogP contribution in [0.3, 0.4) is 0 Å². The molecule has 0 aliphatic heterocycles. The van der Waals surface area contributed by atoms with Crippen LogP contribution in [0.1, 0.15) is 16.7 Å². The van der Waals surface area contributed by atoms with E-state index in [0.717, 1.165) is 5.56 Å². The Kier molecular flexibility index (Phi) is 4.58. The number of aryl methyl sites for hydroxylation is 1. The number of aromatic nitrogens is 1. The standard InChI is InChI=1S/C21H17N3O/c1-16-8-5-6-12-19(16)24-20(25)21(15-22,17-9-3-2-4-10-17)18-11-7-13-23-14-18/h2-14H,1H3,(H,24,25). The molecular formula is C21H17N3O. The van der Waals surface area contributed by atoms with Crippen LogP contribution in [-0.4, -0.2) is 10.9 Å². The fourth-order valence-corrected chi connectivity index (χ4v) is 2.81. The number of nitrogens with one attached hydrogen (secondary N) is 1. The lowest BCUT2D eigenvalue weighted by molar-refractivity contribution is -0.118. The van der Waals surface area contributed by atoms with Crippen molar-refractivity contribution in [2.75, 3.05) is 5.32 Å². The van der Waals surface area contributed by atoms with E-state index in [1.807, 2.05) is 49.4 Å². The highest BCUT2D eigenvalue weighted by atomic mass is 16.2. The minimum Gasteiger partial charge on any atom is -0.324 e. The summed E-state index contributed by atoms with van der Waals surface area (Å²) in [6, 6.07) is 22.3. The zero-order chi connectivity index (χ0) is 17.7. The van der Waals surface area contributed by atoms with Crippen LogP contribution >= 0.6 is 0 Å². The molecular weight excluding hydrogens is 310 g/mol. The number of hydrogen-bond donors (Lipinski definition) is 1. The Labute approximate surface area is 146 Å². The summed E-state index contributed by atoms with van der Waals surface area (Å²) in [6.07, 6.45) is 3.18. The van der Waals surface area contributed by atoms with Gasteiger partial charge >= 0.3 is 0 Å². The number of carbonyl (C=O) groups excluding carboxylic acids is 1. The Hall–Kier alpha value is -3.45. The zero-order valence-electron chi connectivity index (χ0n) is 13.8. The largest absolute Gasteiger partial charge is 0.324 e. The molecule has 0 aliphatic carbocycles. The minimum absolute atomic E-state index is 0.400. The third-order valence-electron chi connectivity index (χ3n) is 4.20. The summed E-state index contributed by atoms with van der Waals surface area (Å²) in [6.45, 7) is 1.91. The number of para-hydroxylation sites is 1. The highest BCUT2D eigenvalue weighted by Gasteiger charge is 2.43. The maximum absolute atomic E-state index is 13.3. The van der Waals surface area contributed by atoms with Crippen LogP contribution in [0.4, 0.5) is 5.69 Å². The Balaban J connectivity index is 2.13.